The van der Waals surface area contributed by atoms with Crippen LogP contribution in [0.1, 0.15) is 18.4 Å². The molecule has 1 aromatic carbocycles. The van der Waals surface area contributed by atoms with Crippen LogP contribution in [0, 0.1) is 0 Å². The van der Waals surface area contributed by atoms with Gasteiger partial charge in [0.25, 0.3) is 6.43 Å². The van der Waals surface area contributed by atoms with Crippen molar-refractivity contribution < 1.29 is 23.2 Å². The van der Waals surface area contributed by atoms with E-state index in [1.807, 2.05) is 0 Å². The molecule has 1 heterocycles. The molecule has 1 aliphatic rings. The van der Waals surface area contributed by atoms with Gasteiger partial charge in [-0.15, -0.1) is 0 Å². The van der Waals surface area contributed by atoms with Crippen molar-refractivity contribution in [2.24, 2.45) is 0 Å². The molecule has 2 unspecified atom stereocenters. The summed E-state index contributed by atoms with van der Waals surface area (Å²) in [6.07, 6.45) is -2.54. The first-order valence-electron chi connectivity index (χ1n) is 5.94. The van der Waals surface area contributed by atoms with E-state index in [0.717, 1.165) is 6.07 Å². The number of halogens is 3. The first-order chi connectivity index (χ1) is 9.36. The first-order valence-corrected chi connectivity index (χ1v) is 7.42. The number of benzene rings is 1. The Hall–Kier alpha value is -0.600. The van der Waals surface area contributed by atoms with Crippen LogP contribution in [0.4, 0.5) is 8.78 Å². The predicted octanol–water partition coefficient (Wildman–Crippen LogP) is 1.73. The summed E-state index contributed by atoms with van der Waals surface area (Å²) in [5.41, 5.74) is -1.71. The van der Waals surface area contributed by atoms with Crippen molar-refractivity contribution in [2.75, 3.05) is 19.7 Å². The van der Waals surface area contributed by atoms with Gasteiger partial charge in [0.15, 0.2) is 0 Å². The Labute approximate surface area is 122 Å². The standard InChI is InChI=1S/C12H14ClF2NO3S/c13-8-1-2-10(9(5-8)11(14)15)20(19)16-4-3-12(18,6-16)7-17/h1-2,5,11,17-18H,3-4,6-7H2. The molecular formula is C12H14ClF2NO3S. The molecule has 1 fully saturated rings. The normalized spacial score (nSPS) is 25.3. The number of nitrogens with zero attached hydrogens (tertiary/aromatic N) is 1. The van der Waals surface area contributed by atoms with Gasteiger partial charge in [-0.05, 0) is 24.6 Å². The first kappa shape index (κ1) is 15.8. The summed E-state index contributed by atoms with van der Waals surface area (Å²) in [5.74, 6) is 0. The van der Waals surface area contributed by atoms with E-state index in [4.69, 9.17) is 16.7 Å². The van der Waals surface area contributed by atoms with Gasteiger partial charge in [-0.25, -0.2) is 17.3 Å². The highest BCUT2D eigenvalue weighted by Gasteiger charge is 2.38. The molecule has 2 N–H and O–H groups in total. The van der Waals surface area contributed by atoms with Gasteiger partial charge in [0, 0.05) is 23.7 Å². The van der Waals surface area contributed by atoms with Crippen LogP contribution in [0.15, 0.2) is 23.1 Å². The number of β-amino-alcohol motifs (C(OH)–C–C–N with tert-alkyl or cyclic N) is 1. The van der Waals surface area contributed by atoms with Crippen LogP contribution < -0.4 is 0 Å². The van der Waals surface area contributed by atoms with Crippen molar-refractivity contribution in [1.82, 2.24) is 4.31 Å². The molecular weight excluding hydrogens is 312 g/mol. The van der Waals surface area contributed by atoms with E-state index in [-0.39, 0.29) is 35.0 Å². The number of hydrogen-bond acceptors (Lipinski definition) is 3. The monoisotopic (exact) mass is 325 g/mol. The quantitative estimate of drug-likeness (QED) is 0.886. The Morgan fingerprint density at radius 3 is 2.75 bits per heavy atom. The van der Waals surface area contributed by atoms with Crippen molar-refractivity contribution in [2.45, 2.75) is 23.3 Å². The average Bonchev–Trinajstić information content (AvgIpc) is 2.81. The highest BCUT2D eigenvalue weighted by atomic mass is 35.5. The molecule has 0 aromatic heterocycles. The summed E-state index contributed by atoms with van der Waals surface area (Å²) in [6.45, 7) is -0.223. The zero-order valence-corrected chi connectivity index (χ0v) is 12.0. The van der Waals surface area contributed by atoms with Crippen LogP contribution in [0.3, 0.4) is 0 Å². The maximum Gasteiger partial charge on any atom is 0.265 e. The van der Waals surface area contributed by atoms with Crippen LogP contribution in [0.25, 0.3) is 0 Å². The summed E-state index contributed by atoms with van der Waals surface area (Å²) in [7, 11) is -1.82. The maximum atomic E-state index is 13.0. The Kier molecular flexibility index (Phi) is 4.76. The zero-order valence-electron chi connectivity index (χ0n) is 10.4. The van der Waals surface area contributed by atoms with Crippen molar-refractivity contribution in [3.8, 4) is 0 Å². The van der Waals surface area contributed by atoms with Crippen molar-refractivity contribution in [3.05, 3.63) is 28.8 Å². The SMILES string of the molecule is O=S(c1ccc(Cl)cc1C(F)F)N1CCC(O)(CO)C1. The predicted molar refractivity (Wildman–Crippen MR) is 71.0 cm³/mol. The van der Waals surface area contributed by atoms with Gasteiger partial charge in [0.1, 0.15) is 16.6 Å². The molecule has 2 rings (SSSR count). The highest BCUT2D eigenvalue weighted by Crippen LogP contribution is 2.31. The second-order valence-electron chi connectivity index (χ2n) is 4.73. The van der Waals surface area contributed by atoms with Gasteiger partial charge in [-0.1, -0.05) is 11.6 Å². The molecule has 0 bridgehead atoms. The number of aliphatic hydroxyl groups excluding tert-OH is 1. The maximum absolute atomic E-state index is 13.0. The van der Waals surface area contributed by atoms with E-state index in [2.05, 4.69) is 0 Å². The van der Waals surface area contributed by atoms with Crippen molar-refractivity contribution in [1.29, 1.82) is 0 Å². The molecule has 1 aromatic rings. The molecule has 112 valence electrons. The lowest BCUT2D eigenvalue weighted by Gasteiger charge is -2.21. The van der Waals surface area contributed by atoms with Gasteiger partial charge in [-0.3, -0.25) is 0 Å². The van der Waals surface area contributed by atoms with E-state index in [1.54, 1.807) is 0 Å². The van der Waals surface area contributed by atoms with Crippen molar-refractivity contribution >= 4 is 22.6 Å². The lowest BCUT2D eigenvalue weighted by atomic mass is 10.1. The number of aliphatic hydroxyl groups is 2. The van der Waals surface area contributed by atoms with Gasteiger partial charge < -0.3 is 10.2 Å². The number of alkyl halides is 2. The van der Waals surface area contributed by atoms with E-state index >= 15 is 0 Å². The largest absolute Gasteiger partial charge is 0.393 e. The molecule has 8 heteroatoms. The third-order valence-corrected chi connectivity index (χ3v) is 4.98. The molecule has 0 aliphatic carbocycles. The topological polar surface area (TPSA) is 60.8 Å². The minimum Gasteiger partial charge on any atom is -0.393 e. The zero-order chi connectivity index (χ0) is 14.9. The molecule has 2 atom stereocenters. The Morgan fingerprint density at radius 2 is 2.20 bits per heavy atom. The summed E-state index contributed by atoms with van der Waals surface area (Å²) in [6, 6.07) is 3.79. The fourth-order valence-corrected chi connectivity index (χ4v) is 3.69. The summed E-state index contributed by atoms with van der Waals surface area (Å²) < 4.78 is 39.7. The Morgan fingerprint density at radius 1 is 1.50 bits per heavy atom. The fourth-order valence-electron chi connectivity index (χ4n) is 2.08. The highest BCUT2D eigenvalue weighted by molar-refractivity contribution is 7.82. The third-order valence-electron chi connectivity index (χ3n) is 3.22. The average molecular weight is 326 g/mol. The summed E-state index contributed by atoms with van der Waals surface area (Å²) >= 11 is 5.67. The number of hydrogen-bond donors (Lipinski definition) is 2. The van der Waals surface area contributed by atoms with E-state index in [0.29, 0.717) is 0 Å². The van der Waals surface area contributed by atoms with Crippen LogP contribution in [0.2, 0.25) is 5.02 Å². The second-order valence-corrected chi connectivity index (χ2v) is 6.62. The molecule has 20 heavy (non-hydrogen) atoms. The lowest BCUT2D eigenvalue weighted by Crippen LogP contribution is -2.37. The molecule has 0 spiro atoms. The molecule has 0 saturated carbocycles. The Bertz CT molecular complexity index is 531. The van der Waals surface area contributed by atoms with Gasteiger partial charge in [-0.2, -0.15) is 0 Å². The van der Waals surface area contributed by atoms with Crippen LogP contribution in [0.5, 0.6) is 0 Å². The van der Waals surface area contributed by atoms with Crippen LogP contribution in [-0.2, 0) is 11.0 Å². The molecule has 0 radical (unpaired) electrons. The minimum absolute atomic E-state index is 0.0217. The van der Waals surface area contributed by atoms with Crippen molar-refractivity contribution in [3.63, 3.8) is 0 Å². The van der Waals surface area contributed by atoms with E-state index < -0.39 is 29.6 Å². The van der Waals surface area contributed by atoms with Gasteiger partial charge in [0.05, 0.1) is 11.5 Å². The van der Waals surface area contributed by atoms with Gasteiger partial charge in [0.2, 0.25) is 0 Å². The summed E-state index contributed by atoms with van der Waals surface area (Å²) in [5, 5.41) is 19.1. The molecule has 0 amide bonds. The molecule has 4 nitrogen and oxygen atoms in total. The van der Waals surface area contributed by atoms with Gasteiger partial charge >= 0.3 is 0 Å². The molecule has 1 aliphatic heterocycles. The second kappa shape index (κ2) is 6.03. The smallest absolute Gasteiger partial charge is 0.265 e. The Balaban J connectivity index is 2.26. The van der Waals surface area contributed by atoms with Crippen LogP contribution in [-0.4, -0.2) is 44.0 Å². The fraction of sp³-hybridized carbons (Fsp3) is 0.500. The minimum atomic E-state index is -2.79. The third kappa shape index (κ3) is 3.17. The van der Waals surface area contributed by atoms with Crippen LogP contribution >= 0.6 is 11.6 Å². The van der Waals surface area contributed by atoms with E-state index in [9.17, 15) is 18.1 Å². The lowest BCUT2D eigenvalue weighted by molar-refractivity contribution is -0.000507. The number of rotatable bonds is 4. The molecule has 1 saturated heterocycles. The summed E-state index contributed by atoms with van der Waals surface area (Å²) in [4.78, 5) is -0.0217. The van der Waals surface area contributed by atoms with E-state index in [1.165, 1.54) is 16.4 Å².